The molecule has 132 valence electrons. The minimum absolute atomic E-state index is 0.170. The smallest absolute Gasteiger partial charge is 0.243 e. The summed E-state index contributed by atoms with van der Waals surface area (Å²) in [6, 6.07) is 7.04. The summed E-state index contributed by atoms with van der Waals surface area (Å²) < 4.78 is 0. The first-order valence-corrected chi connectivity index (χ1v) is 8.64. The highest BCUT2D eigenvalue weighted by atomic mass is 35.5. The number of hydrogen-bond acceptors (Lipinski definition) is 3. The van der Waals surface area contributed by atoms with E-state index in [2.05, 4.69) is 20.6 Å². The predicted octanol–water partition coefficient (Wildman–Crippen LogP) is 2.00. The molecule has 1 heterocycles. The van der Waals surface area contributed by atoms with Crippen molar-refractivity contribution in [3.8, 4) is 0 Å². The van der Waals surface area contributed by atoms with Crippen molar-refractivity contribution in [3.63, 3.8) is 0 Å². The lowest BCUT2D eigenvalue weighted by Gasteiger charge is -2.23. The van der Waals surface area contributed by atoms with E-state index in [1.807, 2.05) is 24.3 Å². The van der Waals surface area contributed by atoms with E-state index in [9.17, 15) is 9.59 Å². The maximum Gasteiger partial charge on any atom is 0.243 e. The van der Waals surface area contributed by atoms with Gasteiger partial charge in [-0.15, -0.1) is 0 Å². The summed E-state index contributed by atoms with van der Waals surface area (Å²) in [4.78, 5) is 31.1. The van der Waals surface area contributed by atoms with Gasteiger partial charge >= 0.3 is 0 Å². The molecule has 0 radical (unpaired) electrons. The molecule has 1 aromatic carbocycles. The van der Waals surface area contributed by atoms with Crippen LogP contribution in [-0.4, -0.2) is 33.4 Å². The molecule has 0 saturated heterocycles. The molecule has 3 rings (SSSR count). The number of amides is 2. The summed E-state index contributed by atoms with van der Waals surface area (Å²) in [6.45, 7) is 1.41. The highest BCUT2D eigenvalue weighted by Crippen LogP contribution is 2.38. The van der Waals surface area contributed by atoms with Crippen LogP contribution in [0.15, 0.2) is 36.8 Å². The molecule has 1 fully saturated rings. The van der Waals surface area contributed by atoms with Crippen LogP contribution in [0.25, 0.3) is 0 Å². The molecule has 25 heavy (non-hydrogen) atoms. The third kappa shape index (κ3) is 4.82. The lowest BCUT2D eigenvalue weighted by atomic mass is 10.0. The van der Waals surface area contributed by atoms with Crippen molar-refractivity contribution >= 4 is 23.4 Å². The van der Waals surface area contributed by atoms with Crippen LogP contribution in [0.1, 0.15) is 31.0 Å². The fraction of sp³-hybridized carbons (Fsp3) is 0.389. The molecule has 0 unspecified atom stereocenters. The highest BCUT2D eigenvalue weighted by Gasteiger charge is 2.44. The number of nitrogens with zero attached hydrogens (tertiary/aromatic N) is 1. The Morgan fingerprint density at radius 1 is 1.32 bits per heavy atom. The maximum atomic E-state index is 12.7. The van der Waals surface area contributed by atoms with Crippen molar-refractivity contribution < 1.29 is 9.59 Å². The lowest BCUT2D eigenvalue weighted by molar-refractivity contribution is -0.128. The zero-order chi connectivity index (χ0) is 17.9. The zero-order valence-electron chi connectivity index (χ0n) is 14.0. The van der Waals surface area contributed by atoms with Crippen LogP contribution in [-0.2, 0) is 22.4 Å². The van der Waals surface area contributed by atoms with Crippen molar-refractivity contribution in [1.29, 1.82) is 0 Å². The highest BCUT2D eigenvalue weighted by molar-refractivity contribution is 6.30. The first-order valence-electron chi connectivity index (χ1n) is 8.27. The van der Waals surface area contributed by atoms with E-state index in [4.69, 9.17) is 11.6 Å². The summed E-state index contributed by atoms with van der Waals surface area (Å²) in [5.41, 5.74) is 1.71. The summed E-state index contributed by atoms with van der Waals surface area (Å²) in [7, 11) is 0. The van der Waals surface area contributed by atoms with E-state index in [1.54, 1.807) is 12.5 Å². The number of carbonyl (C=O) groups excluding carboxylic acids is 2. The molecule has 1 atom stereocenters. The molecule has 1 saturated carbocycles. The van der Waals surface area contributed by atoms with E-state index in [0.29, 0.717) is 11.4 Å². The molecule has 1 aliphatic rings. The zero-order valence-corrected chi connectivity index (χ0v) is 14.8. The molecule has 1 aromatic heterocycles. The Bertz CT molecular complexity index is 739. The topological polar surface area (TPSA) is 86.9 Å². The molecule has 2 aromatic rings. The van der Waals surface area contributed by atoms with Crippen molar-refractivity contribution in [2.24, 2.45) is 0 Å². The SMILES string of the molecule is CC(=O)N[C@@H](Cc1cnc[nH]1)C(=O)NC1(Cc2ccc(Cl)cc2)CC1. The second-order valence-corrected chi connectivity index (χ2v) is 7.04. The number of rotatable bonds is 7. The van der Waals surface area contributed by atoms with Crippen LogP contribution in [0.4, 0.5) is 0 Å². The molecule has 0 spiro atoms. The predicted molar refractivity (Wildman–Crippen MR) is 95.2 cm³/mol. The number of hydrogen-bond donors (Lipinski definition) is 3. The van der Waals surface area contributed by atoms with E-state index >= 15 is 0 Å². The minimum Gasteiger partial charge on any atom is -0.349 e. The summed E-state index contributed by atoms with van der Waals surface area (Å²) >= 11 is 5.92. The van der Waals surface area contributed by atoms with Crippen LogP contribution >= 0.6 is 11.6 Å². The maximum absolute atomic E-state index is 12.7. The number of carbonyl (C=O) groups is 2. The molecule has 0 aliphatic heterocycles. The Kier molecular flexibility index (Phi) is 5.08. The number of H-pyrrole nitrogens is 1. The molecular weight excluding hydrogens is 340 g/mol. The van der Waals surface area contributed by atoms with Gasteiger partial charge in [-0.3, -0.25) is 9.59 Å². The van der Waals surface area contributed by atoms with Crippen molar-refractivity contribution in [3.05, 3.63) is 53.1 Å². The summed E-state index contributed by atoms with van der Waals surface area (Å²) in [5, 5.41) is 6.55. The second kappa shape index (κ2) is 7.27. The van der Waals surface area contributed by atoms with Gasteiger partial charge in [0.2, 0.25) is 11.8 Å². The van der Waals surface area contributed by atoms with Gasteiger partial charge in [-0.05, 0) is 37.0 Å². The lowest BCUT2D eigenvalue weighted by Crippen LogP contribution is -2.51. The van der Waals surface area contributed by atoms with Crippen LogP contribution < -0.4 is 10.6 Å². The van der Waals surface area contributed by atoms with Crippen molar-refractivity contribution in [2.45, 2.75) is 44.2 Å². The Hall–Kier alpha value is -2.34. The monoisotopic (exact) mass is 360 g/mol. The van der Waals surface area contributed by atoms with Gasteiger partial charge in [0.15, 0.2) is 0 Å². The number of aromatic nitrogens is 2. The van der Waals surface area contributed by atoms with E-state index < -0.39 is 6.04 Å². The van der Waals surface area contributed by atoms with Crippen LogP contribution in [0.3, 0.4) is 0 Å². The molecule has 6 nitrogen and oxygen atoms in total. The van der Waals surface area contributed by atoms with Gasteiger partial charge in [-0.2, -0.15) is 0 Å². The number of halogens is 1. The van der Waals surface area contributed by atoms with Gasteiger partial charge in [-0.25, -0.2) is 4.98 Å². The number of nitrogens with one attached hydrogen (secondary N) is 3. The van der Waals surface area contributed by atoms with Gasteiger partial charge in [0, 0.05) is 35.8 Å². The Balaban J connectivity index is 1.65. The molecule has 2 amide bonds. The van der Waals surface area contributed by atoms with Gasteiger partial charge in [-0.1, -0.05) is 23.7 Å². The molecule has 3 N–H and O–H groups in total. The second-order valence-electron chi connectivity index (χ2n) is 6.61. The van der Waals surface area contributed by atoms with E-state index in [1.165, 1.54) is 6.92 Å². The Morgan fingerprint density at radius 2 is 2.04 bits per heavy atom. The summed E-state index contributed by atoms with van der Waals surface area (Å²) in [6.07, 6.45) is 6.20. The van der Waals surface area contributed by atoms with Gasteiger partial charge < -0.3 is 15.6 Å². The third-order valence-electron chi connectivity index (χ3n) is 4.37. The molecule has 0 bridgehead atoms. The first-order chi connectivity index (χ1) is 12.0. The normalized spacial score (nSPS) is 16.1. The molecular formula is C18H21ClN4O2. The quantitative estimate of drug-likeness (QED) is 0.705. The average Bonchev–Trinajstić information content (AvgIpc) is 3.10. The van der Waals surface area contributed by atoms with Gasteiger partial charge in [0.25, 0.3) is 0 Å². The first kappa shape index (κ1) is 17.5. The summed E-state index contributed by atoms with van der Waals surface area (Å²) in [5.74, 6) is -0.404. The van der Waals surface area contributed by atoms with E-state index in [-0.39, 0.29) is 17.4 Å². The van der Waals surface area contributed by atoms with Gasteiger partial charge in [0.1, 0.15) is 6.04 Å². The molecule has 1 aliphatic carbocycles. The number of aromatic amines is 1. The van der Waals surface area contributed by atoms with Crippen molar-refractivity contribution in [1.82, 2.24) is 20.6 Å². The van der Waals surface area contributed by atoms with Crippen LogP contribution in [0.5, 0.6) is 0 Å². The standard InChI is InChI=1S/C18H21ClN4O2/c1-12(24)22-16(8-15-10-20-11-21-15)17(25)23-18(6-7-18)9-13-2-4-14(19)5-3-13/h2-5,10-11,16H,6-9H2,1H3,(H,20,21)(H,22,24)(H,23,25)/t16-/m0/s1. The van der Waals surface area contributed by atoms with E-state index in [0.717, 1.165) is 30.5 Å². The Morgan fingerprint density at radius 3 is 2.60 bits per heavy atom. The van der Waals surface area contributed by atoms with Gasteiger partial charge in [0.05, 0.1) is 6.33 Å². The number of benzene rings is 1. The largest absolute Gasteiger partial charge is 0.349 e. The fourth-order valence-electron chi connectivity index (χ4n) is 2.91. The van der Waals surface area contributed by atoms with Crippen LogP contribution in [0.2, 0.25) is 5.02 Å². The van der Waals surface area contributed by atoms with Crippen molar-refractivity contribution in [2.75, 3.05) is 0 Å². The third-order valence-corrected chi connectivity index (χ3v) is 4.62. The average molecular weight is 361 g/mol. The van der Waals surface area contributed by atoms with Crippen LogP contribution in [0, 0.1) is 0 Å². The molecule has 7 heteroatoms. The Labute approximate surface area is 151 Å². The number of imidazole rings is 1. The minimum atomic E-state index is -0.624. The fourth-order valence-corrected chi connectivity index (χ4v) is 3.04.